The summed E-state index contributed by atoms with van der Waals surface area (Å²) in [6.45, 7) is 13.8. The number of rotatable bonds is 4. The lowest BCUT2D eigenvalue weighted by Gasteiger charge is -2.30. The maximum Gasteiger partial charge on any atom is 0.0331 e. The van der Waals surface area contributed by atoms with Crippen LogP contribution in [0.1, 0.15) is 55.5 Å². The van der Waals surface area contributed by atoms with Crippen LogP contribution in [0.3, 0.4) is 0 Å². The van der Waals surface area contributed by atoms with Gasteiger partial charge in [-0.1, -0.05) is 27.7 Å². The van der Waals surface area contributed by atoms with Gasteiger partial charge in [0.2, 0.25) is 0 Å². The highest BCUT2D eigenvalue weighted by molar-refractivity contribution is 7.12. The number of nitrogens with one attached hydrogen (secondary N) is 1. The summed E-state index contributed by atoms with van der Waals surface area (Å²) in [5.74, 6) is 0.708. The minimum Gasteiger partial charge on any atom is -0.313 e. The molecule has 0 radical (unpaired) electrons. The van der Waals surface area contributed by atoms with Crippen molar-refractivity contribution < 1.29 is 0 Å². The van der Waals surface area contributed by atoms with Crippen LogP contribution in [0.4, 0.5) is 0 Å². The molecule has 0 fully saturated rings. The zero-order valence-electron chi connectivity index (χ0n) is 12.3. The number of hydrogen-bond acceptors (Lipinski definition) is 2. The van der Waals surface area contributed by atoms with Gasteiger partial charge in [-0.2, -0.15) is 0 Å². The van der Waals surface area contributed by atoms with Crippen LogP contribution in [0.2, 0.25) is 0 Å². The first kappa shape index (κ1) is 14.7. The molecule has 2 atom stereocenters. The maximum absolute atomic E-state index is 3.48. The van der Waals surface area contributed by atoms with Gasteiger partial charge in [0, 0.05) is 15.8 Å². The van der Waals surface area contributed by atoms with Gasteiger partial charge < -0.3 is 5.32 Å². The third-order valence-electron chi connectivity index (χ3n) is 3.87. The van der Waals surface area contributed by atoms with Crippen molar-refractivity contribution in [3.63, 3.8) is 0 Å². The van der Waals surface area contributed by atoms with Crippen molar-refractivity contribution in [2.45, 2.75) is 54.0 Å². The summed E-state index contributed by atoms with van der Waals surface area (Å²) >= 11 is 1.91. The molecule has 1 nitrogen and oxygen atoms in total. The lowest BCUT2D eigenvalue weighted by Crippen LogP contribution is -2.25. The van der Waals surface area contributed by atoms with Crippen molar-refractivity contribution >= 4 is 11.3 Å². The number of hydrogen-bond donors (Lipinski definition) is 1. The lowest BCUT2D eigenvalue weighted by molar-refractivity contribution is 0.226. The summed E-state index contributed by atoms with van der Waals surface area (Å²) in [5.41, 5.74) is 1.87. The van der Waals surface area contributed by atoms with Crippen molar-refractivity contribution in [3.05, 3.63) is 21.4 Å². The summed E-state index contributed by atoms with van der Waals surface area (Å²) in [4.78, 5) is 2.88. The highest BCUT2D eigenvalue weighted by Crippen LogP contribution is 2.35. The second kappa shape index (κ2) is 5.53. The van der Waals surface area contributed by atoms with E-state index in [9.17, 15) is 0 Å². The Labute approximate surface area is 111 Å². The Bertz CT molecular complexity index is 359. The van der Waals surface area contributed by atoms with Gasteiger partial charge in [-0.3, -0.25) is 0 Å². The maximum atomic E-state index is 3.48. The minimum absolute atomic E-state index is 0.383. The van der Waals surface area contributed by atoms with Gasteiger partial charge in [0.15, 0.2) is 0 Å². The van der Waals surface area contributed by atoms with E-state index in [0.29, 0.717) is 17.4 Å². The zero-order valence-corrected chi connectivity index (χ0v) is 13.2. The second-order valence-corrected chi connectivity index (χ2v) is 7.67. The van der Waals surface area contributed by atoms with Crippen molar-refractivity contribution in [2.24, 2.45) is 11.3 Å². The van der Waals surface area contributed by atoms with Crippen LogP contribution in [0.15, 0.2) is 6.07 Å². The fourth-order valence-electron chi connectivity index (χ4n) is 2.10. The van der Waals surface area contributed by atoms with Crippen molar-refractivity contribution in [2.75, 3.05) is 7.05 Å². The number of thiophene rings is 1. The Morgan fingerprint density at radius 2 is 1.88 bits per heavy atom. The molecule has 1 aromatic heterocycles. The second-order valence-electron chi connectivity index (χ2n) is 6.21. The van der Waals surface area contributed by atoms with Crippen LogP contribution in [-0.4, -0.2) is 7.05 Å². The van der Waals surface area contributed by atoms with Gasteiger partial charge in [0.25, 0.3) is 0 Å². The van der Waals surface area contributed by atoms with E-state index < -0.39 is 0 Å². The fourth-order valence-corrected chi connectivity index (χ4v) is 3.09. The van der Waals surface area contributed by atoms with Gasteiger partial charge in [0.1, 0.15) is 0 Å². The summed E-state index contributed by atoms with van der Waals surface area (Å²) in [6.07, 6.45) is 1.21. The Morgan fingerprint density at radius 1 is 1.29 bits per heavy atom. The molecule has 0 aliphatic carbocycles. The highest BCUT2D eigenvalue weighted by Gasteiger charge is 2.24. The van der Waals surface area contributed by atoms with Crippen molar-refractivity contribution in [1.82, 2.24) is 5.32 Å². The van der Waals surface area contributed by atoms with Gasteiger partial charge >= 0.3 is 0 Å². The molecule has 0 saturated carbocycles. The van der Waals surface area contributed by atoms with Crippen LogP contribution < -0.4 is 5.32 Å². The molecule has 1 rings (SSSR count). The summed E-state index contributed by atoms with van der Waals surface area (Å²) < 4.78 is 0. The molecule has 17 heavy (non-hydrogen) atoms. The van der Waals surface area contributed by atoms with Crippen LogP contribution >= 0.6 is 11.3 Å². The Kier molecular flexibility index (Phi) is 4.79. The minimum atomic E-state index is 0.383. The Morgan fingerprint density at radius 3 is 2.24 bits per heavy atom. The average molecular weight is 253 g/mol. The van der Waals surface area contributed by atoms with E-state index in [4.69, 9.17) is 0 Å². The van der Waals surface area contributed by atoms with E-state index in [1.807, 2.05) is 11.3 Å². The molecule has 1 aromatic rings. The quantitative estimate of drug-likeness (QED) is 0.820. The normalized spacial score (nSPS) is 15.9. The smallest absolute Gasteiger partial charge is 0.0331 e. The van der Waals surface area contributed by atoms with Crippen LogP contribution in [0.5, 0.6) is 0 Å². The van der Waals surface area contributed by atoms with E-state index in [0.717, 1.165) is 0 Å². The molecule has 2 unspecified atom stereocenters. The Balaban J connectivity index is 2.83. The fraction of sp³-hybridized carbons (Fsp3) is 0.733. The summed E-state index contributed by atoms with van der Waals surface area (Å²) in [7, 11) is 2.08. The molecule has 0 aliphatic heterocycles. The lowest BCUT2D eigenvalue weighted by atomic mass is 9.77. The van der Waals surface area contributed by atoms with E-state index >= 15 is 0 Å². The average Bonchev–Trinajstić information content (AvgIpc) is 2.52. The highest BCUT2D eigenvalue weighted by atomic mass is 32.1. The van der Waals surface area contributed by atoms with Crippen LogP contribution in [-0.2, 0) is 0 Å². The standard InChI is InChI=1S/C15H27NS/c1-10(15(4,5)6)8-14(16-7)13-9-11(2)17-12(13)3/h9-10,14,16H,8H2,1-7H3. The predicted molar refractivity (Wildman–Crippen MR) is 78.8 cm³/mol. The molecule has 0 amide bonds. The third kappa shape index (κ3) is 3.82. The van der Waals surface area contributed by atoms with E-state index in [1.165, 1.54) is 21.7 Å². The topological polar surface area (TPSA) is 12.0 Å². The first-order chi connectivity index (χ1) is 7.75. The largest absolute Gasteiger partial charge is 0.313 e. The molecule has 1 heterocycles. The van der Waals surface area contributed by atoms with Crippen molar-refractivity contribution in [3.8, 4) is 0 Å². The molecule has 2 heteroatoms. The molecule has 0 aliphatic rings. The van der Waals surface area contributed by atoms with Gasteiger partial charge in [-0.25, -0.2) is 0 Å². The predicted octanol–water partition coefficient (Wildman–Crippen LogP) is 4.70. The first-order valence-corrected chi connectivity index (χ1v) is 7.31. The Hall–Kier alpha value is -0.340. The van der Waals surface area contributed by atoms with E-state index in [-0.39, 0.29) is 0 Å². The molecule has 98 valence electrons. The van der Waals surface area contributed by atoms with Gasteiger partial charge in [0.05, 0.1) is 0 Å². The molecule has 0 saturated heterocycles. The van der Waals surface area contributed by atoms with Gasteiger partial charge in [-0.15, -0.1) is 11.3 Å². The zero-order chi connectivity index (χ0) is 13.2. The molecule has 1 N–H and O–H groups in total. The molecular formula is C15H27NS. The summed E-state index contributed by atoms with van der Waals surface area (Å²) in [6, 6.07) is 2.84. The third-order valence-corrected chi connectivity index (χ3v) is 4.85. The number of aryl methyl sites for hydroxylation is 2. The van der Waals surface area contributed by atoms with E-state index in [1.54, 1.807) is 0 Å². The molecule has 0 spiro atoms. The monoisotopic (exact) mass is 253 g/mol. The molecule has 0 aromatic carbocycles. The van der Waals surface area contributed by atoms with Crippen LogP contribution in [0, 0.1) is 25.2 Å². The summed E-state index contributed by atoms with van der Waals surface area (Å²) in [5, 5.41) is 3.48. The van der Waals surface area contributed by atoms with E-state index in [2.05, 4.69) is 60.0 Å². The first-order valence-electron chi connectivity index (χ1n) is 6.50. The van der Waals surface area contributed by atoms with Gasteiger partial charge in [-0.05, 0) is 50.3 Å². The SMILES string of the molecule is CNC(CC(C)C(C)(C)C)c1cc(C)sc1C. The van der Waals surface area contributed by atoms with Crippen LogP contribution in [0.25, 0.3) is 0 Å². The molecular weight excluding hydrogens is 226 g/mol. The van der Waals surface area contributed by atoms with Crippen molar-refractivity contribution in [1.29, 1.82) is 0 Å². The molecule has 0 bridgehead atoms.